The van der Waals surface area contributed by atoms with Gasteiger partial charge in [-0.2, -0.15) is 0 Å². The zero-order chi connectivity index (χ0) is 23.4. The van der Waals surface area contributed by atoms with Crippen LogP contribution in [-0.2, 0) is 28.1 Å². The summed E-state index contributed by atoms with van der Waals surface area (Å²) in [6.07, 6.45) is -5.28. The number of rotatable bonds is 13. The number of carboxylic acids is 3. The zero-order valence-electron chi connectivity index (χ0n) is 14.7. The van der Waals surface area contributed by atoms with Crippen LogP contribution >= 0.6 is 22.6 Å². The highest BCUT2D eigenvalue weighted by Gasteiger charge is 2.28. The molecule has 0 rings (SSSR count). The molecular formula is C12H15O14P3-8. The summed E-state index contributed by atoms with van der Waals surface area (Å²) >= 11 is 0. The van der Waals surface area contributed by atoms with E-state index >= 15 is 0 Å². The van der Waals surface area contributed by atoms with Crippen LogP contribution in [0, 0.1) is 17.8 Å². The van der Waals surface area contributed by atoms with Gasteiger partial charge in [-0.1, -0.05) is 22.1 Å². The summed E-state index contributed by atoms with van der Waals surface area (Å²) in [5.74, 6) is -11.1. The molecule has 0 aromatic carbocycles. The van der Waals surface area contributed by atoms with Crippen LogP contribution in [0.15, 0.2) is 0 Å². The van der Waals surface area contributed by atoms with Crippen molar-refractivity contribution >= 4 is 40.5 Å². The van der Waals surface area contributed by atoms with Crippen LogP contribution in [0.3, 0.4) is 0 Å². The molecule has 0 bridgehead atoms. The molecular weight excluding hydrogens is 461 g/mol. The lowest BCUT2D eigenvalue weighted by molar-refractivity contribution is -0.330. The van der Waals surface area contributed by atoms with Crippen LogP contribution in [0.5, 0.6) is 0 Å². The summed E-state index contributed by atoms with van der Waals surface area (Å²) < 4.78 is 33.8. The maximum absolute atomic E-state index is 12.0. The molecule has 17 heteroatoms. The van der Waals surface area contributed by atoms with E-state index in [2.05, 4.69) is 0 Å². The van der Waals surface area contributed by atoms with Crippen molar-refractivity contribution in [1.82, 2.24) is 0 Å². The Kier molecular flexibility index (Phi) is 9.89. The number of hydrogen-bond acceptors (Lipinski definition) is 14. The first-order chi connectivity index (χ1) is 12.8. The van der Waals surface area contributed by atoms with Gasteiger partial charge in [-0.3, -0.25) is 0 Å². The van der Waals surface area contributed by atoms with Gasteiger partial charge in [0, 0.05) is 42.8 Å². The monoisotopic (exact) mass is 476 g/mol. The van der Waals surface area contributed by atoms with E-state index in [-0.39, 0.29) is 0 Å². The third-order valence-corrected chi connectivity index (χ3v) is 9.96. The van der Waals surface area contributed by atoms with Crippen molar-refractivity contribution in [3.8, 4) is 0 Å². The lowest BCUT2D eigenvalue weighted by Gasteiger charge is -2.51. The smallest absolute Gasteiger partial charge is 0.0449 e. The van der Waals surface area contributed by atoms with Gasteiger partial charge >= 0.3 is 0 Å². The zero-order valence-corrected chi connectivity index (χ0v) is 17.4. The van der Waals surface area contributed by atoms with Crippen molar-refractivity contribution in [3.63, 3.8) is 0 Å². The van der Waals surface area contributed by atoms with E-state index < -0.39 is 88.8 Å². The standard InChI is InChI=1S/C12H23O14P3/c1-6(10(13)14)2-7(11(15)16)3-8(12(17)18)4-27(19,20)5-9(28(21,22)23)29(24,25)26/h6-9H,2-5H2,1H3,(H,13,14)(H,15,16)(H,17,18)(H,19,20)(H2,21,22,23)(H2,24,25,26)/p-8. The summed E-state index contributed by atoms with van der Waals surface area (Å²) in [5.41, 5.74) is 0. The predicted octanol–water partition coefficient (Wildman–Crippen LogP) is -7.32. The summed E-state index contributed by atoms with van der Waals surface area (Å²) in [6, 6.07) is 0. The molecule has 4 unspecified atom stereocenters. The van der Waals surface area contributed by atoms with Crippen molar-refractivity contribution < 1.29 is 67.9 Å². The fourth-order valence-corrected chi connectivity index (χ4v) is 8.53. The summed E-state index contributed by atoms with van der Waals surface area (Å²) in [6.45, 7) is 1.03. The topological polar surface area (TPSA) is 287 Å². The van der Waals surface area contributed by atoms with Gasteiger partial charge in [0.2, 0.25) is 0 Å². The Morgan fingerprint density at radius 2 is 1.10 bits per heavy atom. The fourth-order valence-electron chi connectivity index (χ4n) is 2.43. The van der Waals surface area contributed by atoms with Gasteiger partial charge in [-0.05, 0) is 30.8 Å². The minimum atomic E-state index is -6.23. The lowest BCUT2D eigenvalue weighted by Crippen LogP contribution is -2.42. The maximum atomic E-state index is 12.0. The van der Waals surface area contributed by atoms with Gasteiger partial charge in [0.1, 0.15) is 0 Å². The minimum Gasteiger partial charge on any atom is -0.810 e. The van der Waals surface area contributed by atoms with Crippen LogP contribution in [-0.4, -0.2) is 35.6 Å². The highest BCUT2D eigenvalue weighted by Crippen LogP contribution is 2.56. The first kappa shape index (κ1) is 27.9. The van der Waals surface area contributed by atoms with E-state index in [0.717, 1.165) is 6.92 Å². The number of hydrogen-bond donors (Lipinski definition) is 0. The van der Waals surface area contributed by atoms with Crippen LogP contribution in [0.1, 0.15) is 19.8 Å². The van der Waals surface area contributed by atoms with Crippen LogP contribution in [0.25, 0.3) is 0 Å². The van der Waals surface area contributed by atoms with Gasteiger partial charge in [0.25, 0.3) is 0 Å². The molecule has 0 aliphatic carbocycles. The molecule has 0 saturated heterocycles. The normalized spacial score (nSPS) is 17.9. The average molecular weight is 476 g/mol. The molecule has 0 aliphatic heterocycles. The SMILES string of the molecule is CC(CC(CC(CP(=O)([O-])CC(P(=O)([O-])[O-])P(=O)([O-])[O-])C(=O)[O-])C(=O)[O-])C(=O)[O-]. The molecule has 14 nitrogen and oxygen atoms in total. The highest BCUT2D eigenvalue weighted by molar-refractivity contribution is 7.70. The molecule has 0 N–H and O–H groups in total. The molecule has 29 heavy (non-hydrogen) atoms. The van der Waals surface area contributed by atoms with Crippen molar-refractivity contribution in [2.24, 2.45) is 17.8 Å². The predicted molar refractivity (Wildman–Crippen MR) is 76.7 cm³/mol. The molecule has 0 aliphatic rings. The third-order valence-electron chi connectivity index (χ3n) is 3.95. The van der Waals surface area contributed by atoms with Gasteiger partial charge in [0.15, 0.2) is 0 Å². The highest BCUT2D eigenvalue weighted by atomic mass is 31.2. The van der Waals surface area contributed by atoms with E-state index in [4.69, 9.17) is 0 Å². The fraction of sp³-hybridized carbons (Fsp3) is 0.750. The molecule has 0 aromatic heterocycles. The Bertz CT molecular complexity index is 744. The Morgan fingerprint density at radius 3 is 1.41 bits per heavy atom. The van der Waals surface area contributed by atoms with Gasteiger partial charge in [-0.15, -0.1) is 0 Å². The molecule has 0 amide bonds. The largest absolute Gasteiger partial charge is 0.810 e. The first-order valence-electron chi connectivity index (χ1n) is 7.73. The second kappa shape index (κ2) is 10.3. The lowest BCUT2D eigenvalue weighted by atomic mass is 9.88. The second-order valence-electron chi connectivity index (χ2n) is 6.46. The quantitative estimate of drug-likeness (QED) is 0.223. The molecule has 4 atom stereocenters. The number of aliphatic carboxylic acids is 3. The number of carboxylic acid groups (broad SMARTS) is 3. The Balaban J connectivity index is 5.59. The van der Waals surface area contributed by atoms with Crippen molar-refractivity contribution in [2.75, 3.05) is 12.3 Å². The number of carbonyl (C=O) groups excluding carboxylic acids is 3. The van der Waals surface area contributed by atoms with Crippen LogP contribution in [0.4, 0.5) is 0 Å². The minimum absolute atomic E-state index is 0.702. The van der Waals surface area contributed by atoms with Gasteiger partial charge in [-0.25, -0.2) is 0 Å². The average Bonchev–Trinajstić information content (AvgIpc) is 2.48. The van der Waals surface area contributed by atoms with E-state index in [1.54, 1.807) is 0 Å². The van der Waals surface area contributed by atoms with Gasteiger partial charge < -0.3 is 67.9 Å². The van der Waals surface area contributed by atoms with Crippen molar-refractivity contribution in [3.05, 3.63) is 0 Å². The Labute approximate surface area is 164 Å². The first-order valence-corrected chi connectivity index (χ1v) is 12.9. The van der Waals surface area contributed by atoms with E-state index in [0.29, 0.717) is 0 Å². The second-order valence-corrected chi connectivity index (χ2v) is 12.6. The molecule has 0 radical (unpaired) electrons. The molecule has 170 valence electrons. The van der Waals surface area contributed by atoms with E-state index in [1.807, 2.05) is 0 Å². The van der Waals surface area contributed by atoms with E-state index in [1.165, 1.54) is 0 Å². The molecule has 0 aromatic rings. The molecule has 0 spiro atoms. The van der Waals surface area contributed by atoms with Crippen molar-refractivity contribution in [2.45, 2.75) is 25.2 Å². The summed E-state index contributed by atoms with van der Waals surface area (Å²) in [5, 5.41) is 29.6. The molecule has 0 heterocycles. The maximum Gasteiger partial charge on any atom is 0.0449 e. The molecule has 0 saturated carbocycles. The van der Waals surface area contributed by atoms with Crippen LogP contribution < -0.4 is 39.8 Å². The van der Waals surface area contributed by atoms with Gasteiger partial charge in [0.05, 0.1) is 0 Å². The van der Waals surface area contributed by atoms with Crippen molar-refractivity contribution in [1.29, 1.82) is 0 Å². The third kappa shape index (κ3) is 9.97. The Hall–Kier alpha value is -1.10. The number of carbonyl (C=O) groups is 3. The Morgan fingerprint density at radius 1 is 0.690 bits per heavy atom. The van der Waals surface area contributed by atoms with E-state index in [9.17, 15) is 67.9 Å². The molecule has 0 fully saturated rings. The summed E-state index contributed by atoms with van der Waals surface area (Å²) in [4.78, 5) is 88.5. The summed E-state index contributed by atoms with van der Waals surface area (Å²) in [7, 11) is -17.8. The van der Waals surface area contributed by atoms with Crippen LogP contribution in [0.2, 0.25) is 0 Å².